The fourth-order valence-electron chi connectivity index (χ4n) is 8.63. The number of hydrogen-bond acceptors (Lipinski definition) is 6. The van der Waals surface area contributed by atoms with Gasteiger partial charge in [-0.05, 0) is 77.0 Å². The molecule has 6 heteroatoms. The van der Waals surface area contributed by atoms with Gasteiger partial charge in [-0.2, -0.15) is 0 Å². The third-order valence-electron chi connectivity index (χ3n) is 13.1. The van der Waals surface area contributed by atoms with E-state index in [1.54, 1.807) is 0 Å². The maximum atomic E-state index is 12.8. The number of unbranched alkanes of at least 4 members (excludes halogenated alkanes) is 35. The Labute approximate surface area is 422 Å². The zero-order valence-corrected chi connectivity index (χ0v) is 45.4. The number of carbonyl (C=O) groups is 3. The second-order valence-electron chi connectivity index (χ2n) is 19.9. The van der Waals surface area contributed by atoms with E-state index < -0.39 is 6.10 Å². The van der Waals surface area contributed by atoms with Gasteiger partial charge in [0.15, 0.2) is 6.10 Å². The van der Waals surface area contributed by atoms with Crippen molar-refractivity contribution in [3.63, 3.8) is 0 Å². The first-order valence-electron chi connectivity index (χ1n) is 29.6. The summed E-state index contributed by atoms with van der Waals surface area (Å²) in [5, 5.41) is 0. The van der Waals surface area contributed by atoms with Gasteiger partial charge in [0.05, 0.1) is 0 Å². The van der Waals surface area contributed by atoms with Crippen LogP contribution in [0.1, 0.15) is 310 Å². The fourth-order valence-corrected chi connectivity index (χ4v) is 8.63. The summed E-state index contributed by atoms with van der Waals surface area (Å²) in [5.41, 5.74) is 0. The molecule has 396 valence electrons. The predicted octanol–water partition coefficient (Wildman–Crippen LogP) is 19.8. The van der Waals surface area contributed by atoms with Crippen LogP contribution < -0.4 is 0 Å². The second-order valence-corrected chi connectivity index (χ2v) is 19.9. The van der Waals surface area contributed by atoms with Crippen molar-refractivity contribution in [2.75, 3.05) is 13.2 Å². The van der Waals surface area contributed by atoms with Crippen molar-refractivity contribution >= 4 is 17.9 Å². The maximum Gasteiger partial charge on any atom is 0.306 e. The maximum absolute atomic E-state index is 12.8. The van der Waals surface area contributed by atoms with E-state index in [9.17, 15) is 14.4 Å². The molecule has 1 atom stereocenters. The Hall–Kier alpha value is -2.63. The molecule has 6 nitrogen and oxygen atoms in total. The van der Waals surface area contributed by atoms with Gasteiger partial charge < -0.3 is 14.2 Å². The van der Waals surface area contributed by atoms with E-state index in [0.29, 0.717) is 19.3 Å². The molecule has 0 aromatic rings. The van der Waals surface area contributed by atoms with E-state index in [1.165, 1.54) is 186 Å². The van der Waals surface area contributed by atoms with Gasteiger partial charge in [-0.1, -0.05) is 262 Å². The summed E-state index contributed by atoms with van der Waals surface area (Å²) in [4.78, 5) is 37.9. The first-order valence-corrected chi connectivity index (χ1v) is 29.6. The van der Waals surface area contributed by atoms with Gasteiger partial charge in [0, 0.05) is 19.3 Å². The number of rotatable bonds is 54. The summed E-state index contributed by atoms with van der Waals surface area (Å²) >= 11 is 0. The highest BCUT2D eigenvalue weighted by Crippen LogP contribution is 2.17. The van der Waals surface area contributed by atoms with Crippen molar-refractivity contribution in [2.24, 2.45) is 0 Å². The average molecular weight is 954 g/mol. The molecular formula is C62H112O6. The van der Waals surface area contributed by atoms with Crippen molar-refractivity contribution < 1.29 is 28.6 Å². The third-order valence-corrected chi connectivity index (χ3v) is 13.1. The molecule has 1 unspecified atom stereocenters. The largest absolute Gasteiger partial charge is 0.462 e. The Morgan fingerprint density at radius 1 is 0.309 bits per heavy atom. The normalized spacial score (nSPS) is 12.3. The van der Waals surface area contributed by atoms with Gasteiger partial charge in [-0.25, -0.2) is 0 Å². The van der Waals surface area contributed by atoms with Gasteiger partial charge in [-0.15, -0.1) is 0 Å². The summed E-state index contributed by atoms with van der Waals surface area (Å²) in [6.45, 7) is 6.49. The lowest BCUT2D eigenvalue weighted by molar-refractivity contribution is -0.167. The highest BCUT2D eigenvalue weighted by molar-refractivity contribution is 5.71. The van der Waals surface area contributed by atoms with Crippen molar-refractivity contribution in [3.8, 4) is 0 Å². The summed E-state index contributed by atoms with van der Waals surface area (Å²) < 4.78 is 16.8. The molecule has 0 aliphatic carbocycles. The van der Waals surface area contributed by atoms with Gasteiger partial charge in [-0.3, -0.25) is 14.4 Å². The second kappa shape index (κ2) is 57.0. The lowest BCUT2D eigenvalue weighted by atomic mass is 10.0. The lowest BCUT2D eigenvalue weighted by Gasteiger charge is -2.18. The van der Waals surface area contributed by atoms with Crippen molar-refractivity contribution in [3.05, 3.63) is 48.6 Å². The Kier molecular flexibility index (Phi) is 54.8. The summed E-state index contributed by atoms with van der Waals surface area (Å²) in [6.07, 6.45) is 70.1. The minimum absolute atomic E-state index is 0.0747. The van der Waals surface area contributed by atoms with Crippen LogP contribution in [0, 0.1) is 0 Å². The molecule has 0 aliphatic heterocycles. The van der Waals surface area contributed by atoms with Crippen LogP contribution in [0.2, 0.25) is 0 Å². The van der Waals surface area contributed by atoms with Crippen molar-refractivity contribution in [2.45, 2.75) is 316 Å². The molecule has 0 aromatic heterocycles. The monoisotopic (exact) mass is 953 g/mol. The van der Waals surface area contributed by atoms with Crippen LogP contribution in [0.4, 0.5) is 0 Å². The third kappa shape index (κ3) is 54.3. The molecule has 0 N–H and O–H groups in total. The van der Waals surface area contributed by atoms with E-state index in [4.69, 9.17) is 14.2 Å². The molecule has 0 rings (SSSR count). The van der Waals surface area contributed by atoms with E-state index in [-0.39, 0.29) is 31.1 Å². The summed E-state index contributed by atoms with van der Waals surface area (Å²) in [6, 6.07) is 0. The molecule has 0 saturated carbocycles. The smallest absolute Gasteiger partial charge is 0.306 e. The Balaban J connectivity index is 4.05. The summed E-state index contributed by atoms with van der Waals surface area (Å²) in [7, 11) is 0. The number of allylic oxidation sites excluding steroid dienone is 8. The molecule has 0 aromatic carbocycles. The minimum Gasteiger partial charge on any atom is -0.462 e. The standard InChI is InChI=1S/C62H112O6/c1-4-7-10-13-16-18-20-22-24-26-27-28-29-30-31-32-33-34-35-37-38-40-42-44-46-49-52-55-61(64)67-58-59(57-66-60(63)54-51-48-15-12-9-6-3)68-62(65)56-53-50-47-45-43-41-39-36-25-23-21-19-17-14-11-8-5-2/h8,11,17,19,23,25-27,59H,4-7,9-10,12-16,18,20-22,24,28-58H2,1-3H3/b11-8-,19-17-,25-23-,27-26-. The highest BCUT2D eigenvalue weighted by atomic mass is 16.6. The zero-order valence-electron chi connectivity index (χ0n) is 45.4. The zero-order chi connectivity index (χ0) is 49.3. The first-order chi connectivity index (χ1) is 33.5. The average Bonchev–Trinajstić information content (AvgIpc) is 3.34. The SMILES string of the molecule is CC/C=C\C/C=C\C/C=C\CCCCCCCCCC(=O)OC(COC(=O)CCCCCCCC)COC(=O)CCCCCCCCCCCCCCCCC/C=C\CCCCCCCCCC. The molecule has 0 bridgehead atoms. The Bertz CT molecular complexity index is 1190. The molecule has 0 spiro atoms. The quantitative estimate of drug-likeness (QED) is 0.0262. The summed E-state index contributed by atoms with van der Waals surface area (Å²) in [5.74, 6) is -0.882. The van der Waals surface area contributed by atoms with Crippen LogP contribution in [0.15, 0.2) is 48.6 Å². The molecule has 0 aliphatic rings. The van der Waals surface area contributed by atoms with Gasteiger partial charge >= 0.3 is 17.9 Å². The molecule has 0 saturated heterocycles. The van der Waals surface area contributed by atoms with E-state index in [0.717, 1.165) is 83.5 Å². The lowest BCUT2D eigenvalue weighted by Crippen LogP contribution is -2.30. The molecular weight excluding hydrogens is 841 g/mol. The van der Waals surface area contributed by atoms with Crippen LogP contribution in [0.25, 0.3) is 0 Å². The van der Waals surface area contributed by atoms with Gasteiger partial charge in [0.25, 0.3) is 0 Å². The van der Waals surface area contributed by atoms with E-state index in [1.807, 2.05) is 0 Å². The first kappa shape index (κ1) is 65.4. The van der Waals surface area contributed by atoms with Crippen molar-refractivity contribution in [1.82, 2.24) is 0 Å². The predicted molar refractivity (Wildman–Crippen MR) is 293 cm³/mol. The fraction of sp³-hybridized carbons (Fsp3) is 0.823. The number of ether oxygens (including phenoxy) is 3. The van der Waals surface area contributed by atoms with Crippen LogP contribution in [0.5, 0.6) is 0 Å². The van der Waals surface area contributed by atoms with E-state index in [2.05, 4.69) is 69.4 Å². The van der Waals surface area contributed by atoms with Gasteiger partial charge in [0.1, 0.15) is 13.2 Å². The molecule has 0 amide bonds. The molecule has 68 heavy (non-hydrogen) atoms. The van der Waals surface area contributed by atoms with Crippen LogP contribution >= 0.6 is 0 Å². The molecule has 0 radical (unpaired) electrons. The van der Waals surface area contributed by atoms with Crippen LogP contribution in [-0.2, 0) is 28.6 Å². The molecule has 0 heterocycles. The minimum atomic E-state index is -0.773. The van der Waals surface area contributed by atoms with Crippen LogP contribution in [-0.4, -0.2) is 37.2 Å². The molecule has 0 fully saturated rings. The highest BCUT2D eigenvalue weighted by Gasteiger charge is 2.19. The number of esters is 3. The van der Waals surface area contributed by atoms with Gasteiger partial charge in [0.2, 0.25) is 0 Å². The topological polar surface area (TPSA) is 78.9 Å². The Morgan fingerprint density at radius 2 is 0.574 bits per heavy atom. The van der Waals surface area contributed by atoms with Crippen molar-refractivity contribution in [1.29, 1.82) is 0 Å². The van der Waals surface area contributed by atoms with Crippen LogP contribution in [0.3, 0.4) is 0 Å². The Morgan fingerprint density at radius 3 is 0.912 bits per heavy atom. The number of hydrogen-bond donors (Lipinski definition) is 0. The number of carbonyl (C=O) groups excluding carboxylic acids is 3. The van der Waals surface area contributed by atoms with E-state index >= 15 is 0 Å².